The predicted octanol–water partition coefficient (Wildman–Crippen LogP) is 1.90. The molecule has 0 fully saturated rings. The second-order valence-electron chi connectivity index (χ2n) is 6.02. The number of likely N-dealkylation sites (N-methyl/N-ethyl adjacent to an activating group) is 1. The molecule has 0 unspecified atom stereocenters. The first-order valence-electron chi connectivity index (χ1n) is 7.05. The van der Waals surface area contributed by atoms with Gasteiger partial charge in [0.25, 0.3) is 0 Å². The highest BCUT2D eigenvalue weighted by Gasteiger charge is 2.16. The third kappa shape index (κ3) is 5.95. The van der Waals surface area contributed by atoms with E-state index >= 15 is 0 Å². The molecule has 116 valence electrons. The minimum absolute atomic E-state index is 0.0290. The molecule has 0 radical (unpaired) electrons. The van der Waals surface area contributed by atoms with E-state index in [0.717, 1.165) is 5.56 Å². The molecule has 0 aromatic heterocycles. The second kappa shape index (κ2) is 7.22. The van der Waals surface area contributed by atoms with Crippen LogP contribution in [0.2, 0.25) is 0 Å². The predicted molar refractivity (Wildman–Crippen MR) is 82.2 cm³/mol. The van der Waals surface area contributed by atoms with Crippen LogP contribution < -0.4 is 5.73 Å². The fourth-order valence-corrected chi connectivity index (χ4v) is 1.98. The molecule has 21 heavy (non-hydrogen) atoms. The van der Waals surface area contributed by atoms with Crippen molar-refractivity contribution >= 4 is 11.9 Å². The Balaban J connectivity index is 2.55. The molecule has 0 saturated carbocycles. The van der Waals surface area contributed by atoms with Gasteiger partial charge in [0.15, 0.2) is 0 Å². The molecule has 0 heterocycles. The molecule has 0 aliphatic heterocycles. The quantitative estimate of drug-likeness (QED) is 0.804. The number of carboxylic acid groups (broad SMARTS) is 1. The lowest BCUT2D eigenvalue weighted by molar-refractivity contribution is -0.130. The summed E-state index contributed by atoms with van der Waals surface area (Å²) in [5, 5.41) is 9.12. The molecule has 0 atom stereocenters. The Labute approximate surface area is 125 Å². The minimum atomic E-state index is -0.940. The molecule has 1 aromatic rings. The number of rotatable bonds is 7. The van der Waals surface area contributed by atoms with Crippen LogP contribution in [-0.4, -0.2) is 41.0 Å². The lowest BCUT2D eigenvalue weighted by Crippen LogP contribution is -2.35. The van der Waals surface area contributed by atoms with Gasteiger partial charge < -0.3 is 15.7 Å². The molecule has 0 saturated heterocycles. The third-order valence-electron chi connectivity index (χ3n) is 3.37. The van der Waals surface area contributed by atoms with Crippen LogP contribution >= 0.6 is 0 Å². The van der Waals surface area contributed by atoms with Crippen LogP contribution in [0.15, 0.2) is 24.3 Å². The Morgan fingerprint density at radius 2 is 1.90 bits per heavy atom. The molecule has 5 nitrogen and oxygen atoms in total. The first-order valence-corrected chi connectivity index (χ1v) is 7.05. The van der Waals surface area contributed by atoms with Gasteiger partial charge >= 0.3 is 5.97 Å². The minimum Gasteiger partial charge on any atom is -0.478 e. The van der Waals surface area contributed by atoms with Crippen molar-refractivity contribution < 1.29 is 14.7 Å². The van der Waals surface area contributed by atoms with E-state index in [1.165, 1.54) is 0 Å². The van der Waals surface area contributed by atoms with Crippen LogP contribution in [0, 0.1) is 0 Å². The van der Waals surface area contributed by atoms with E-state index in [2.05, 4.69) is 0 Å². The zero-order valence-corrected chi connectivity index (χ0v) is 12.9. The average molecular weight is 292 g/mol. The Morgan fingerprint density at radius 1 is 1.29 bits per heavy atom. The van der Waals surface area contributed by atoms with E-state index in [1.54, 1.807) is 36.2 Å². The summed E-state index contributed by atoms with van der Waals surface area (Å²) >= 11 is 0. The third-order valence-corrected chi connectivity index (χ3v) is 3.37. The molecule has 5 heteroatoms. The Kier molecular flexibility index (Phi) is 5.90. The molecule has 3 N–H and O–H groups in total. The standard InChI is InChI=1S/C16H24N2O3/c1-16(2,17)10-8-14(19)18(3)11-9-12-6-4-5-7-13(12)15(20)21/h4-7H,8-11,17H2,1-3H3,(H,20,21). The molecule has 0 bridgehead atoms. The van der Waals surface area contributed by atoms with Gasteiger partial charge in [-0.3, -0.25) is 4.79 Å². The maximum absolute atomic E-state index is 12.0. The van der Waals surface area contributed by atoms with Crippen molar-refractivity contribution in [3.63, 3.8) is 0 Å². The molecule has 1 rings (SSSR count). The van der Waals surface area contributed by atoms with Gasteiger partial charge in [0.1, 0.15) is 0 Å². The smallest absolute Gasteiger partial charge is 0.335 e. The molecule has 1 amide bonds. The lowest BCUT2D eigenvalue weighted by atomic mass is 9.99. The topological polar surface area (TPSA) is 83.6 Å². The van der Waals surface area contributed by atoms with Crippen LogP contribution in [0.25, 0.3) is 0 Å². The molecule has 0 spiro atoms. The van der Waals surface area contributed by atoms with Crippen LogP contribution in [0.4, 0.5) is 0 Å². The van der Waals surface area contributed by atoms with Crippen molar-refractivity contribution in [2.45, 2.75) is 38.6 Å². The normalized spacial score (nSPS) is 11.2. The van der Waals surface area contributed by atoms with Crippen molar-refractivity contribution in [1.82, 2.24) is 4.90 Å². The molecule has 0 aliphatic carbocycles. The summed E-state index contributed by atoms with van der Waals surface area (Å²) in [5.74, 6) is -0.911. The van der Waals surface area contributed by atoms with Gasteiger partial charge in [-0.05, 0) is 38.3 Å². The number of hydrogen-bond donors (Lipinski definition) is 2. The van der Waals surface area contributed by atoms with Gasteiger partial charge in [0.05, 0.1) is 5.56 Å². The van der Waals surface area contributed by atoms with E-state index in [0.29, 0.717) is 31.4 Å². The number of carbonyl (C=O) groups is 2. The fourth-order valence-electron chi connectivity index (χ4n) is 1.98. The van der Waals surface area contributed by atoms with Crippen molar-refractivity contribution in [2.75, 3.05) is 13.6 Å². The molecular weight excluding hydrogens is 268 g/mol. The molecule has 1 aromatic carbocycles. The largest absolute Gasteiger partial charge is 0.478 e. The highest BCUT2D eigenvalue weighted by molar-refractivity contribution is 5.89. The van der Waals surface area contributed by atoms with Crippen molar-refractivity contribution in [3.05, 3.63) is 35.4 Å². The Hall–Kier alpha value is -1.88. The van der Waals surface area contributed by atoms with Crippen LogP contribution in [-0.2, 0) is 11.2 Å². The summed E-state index contributed by atoms with van der Waals surface area (Å²) in [6, 6.07) is 6.87. The number of amides is 1. The number of nitrogens with zero attached hydrogens (tertiary/aromatic N) is 1. The fraction of sp³-hybridized carbons (Fsp3) is 0.500. The lowest BCUT2D eigenvalue weighted by Gasteiger charge is -2.21. The van der Waals surface area contributed by atoms with Gasteiger partial charge in [-0.25, -0.2) is 4.79 Å². The van der Waals surface area contributed by atoms with Gasteiger partial charge in [0, 0.05) is 25.6 Å². The first-order chi connectivity index (χ1) is 9.70. The number of carbonyl (C=O) groups excluding carboxylic acids is 1. The number of aromatic carboxylic acids is 1. The highest BCUT2D eigenvalue weighted by atomic mass is 16.4. The van der Waals surface area contributed by atoms with Crippen molar-refractivity contribution in [1.29, 1.82) is 0 Å². The van der Waals surface area contributed by atoms with Gasteiger partial charge in [0.2, 0.25) is 5.91 Å². The maximum atomic E-state index is 12.0. The average Bonchev–Trinajstić information content (AvgIpc) is 2.41. The summed E-state index contributed by atoms with van der Waals surface area (Å²) in [5.41, 5.74) is 6.54. The summed E-state index contributed by atoms with van der Waals surface area (Å²) in [4.78, 5) is 24.7. The highest BCUT2D eigenvalue weighted by Crippen LogP contribution is 2.12. The number of nitrogens with two attached hydrogens (primary N) is 1. The zero-order valence-electron chi connectivity index (χ0n) is 12.9. The molecule has 0 aliphatic rings. The maximum Gasteiger partial charge on any atom is 0.335 e. The number of hydrogen-bond acceptors (Lipinski definition) is 3. The van der Waals surface area contributed by atoms with Gasteiger partial charge in [-0.2, -0.15) is 0 Å². The SMILES string of the molecule is CN(CCc1ccccc1C(=O)O)C(=O)CCC(C)(C)N. The first kappa shape index (κ1) is 17.2. The van der Waals surface area contributed by atoms with Gasteiger partial charge in [-0.15, -0.1) is 0 Å². The Morgan fingerprint density at radius 3 is 2.48 bits per heavy atom. The monoisotopic (exact) mass is 292 g/mol. The van der Waals surface area contributed by atoms with Crippen LogP contribution in [0.3, 0.4) is 0 Å². The number of carboxylic acids is 1. The zero-order chi connectivity index (χ0) is 16.0. The summed E-state index contributed by atoms with van der Waals surface area (Å²) in [6.07, 6.45) is 1.55. The van der Waals surface area contributed by atoms with Crippen molar-refractivity contribution in [3.8, 4) is 0 Å². The summed E-state index contributed by atoms with van der Waals surface area (Å²) in [7, 11) is 1.73. The van der Waals surface area contributed by atoms with E-state index in [1.807, 2.05) is 13.8 Å². The van der Waals surface area contributed by atoms with Crippen molar-refractivity contribution in [2.24, 2.45) is 5.73 Å². The second-order valence-corrected chi connectivity index (χ2v) is 6.02. The number of benzene rings is 1. The van der Waals surface area contributed by atoms with Crippen LogP contribution in [0.5, 0.6) is 0 Å². The Bertz CT molecular complexity index is 506. The van der Waals surface area contributed by atoms with Gasteiger partial charge in [-0.1, -0.05) is 18.2 Å². The van der Waals surface area contributed by atoms with E-state index < -0.39 is 5.97 Å². The van der Waals surface area contributed by atoms with E-state index in [9.17, 15) is 9.59 Å². The summed E-state index contributed by atoms with van der Waals surface area (Å²) in [6.45, 7) is 4.28. The van der Waals surface area contributed by atoms with E-state index in [4.69, 9.17) is 10.8 Å². The summed E-state index contributed by atoms with van der Waals surface area (Å²) < 4.78 is 0. The molecular formula is C16H24N2O3. The van der Waals surface area contributed by atoms with Crippen LogP contribution in [0.1, 0.15) is 42.6 Å². The van der Waals surface area contributed by atoms with E-state index in [-0.39, 0.29) is 11.4 Å².